The van der Waals surface area contributed by atoms with Crippen LogP contribution in [0.3, 0.4) is 0 Å². The predicted molar refractivity (Wildman–Crippen MR) is 61.2 cm³/mol. The number of rotatable bonds is 3. The fourth-order valence-corrected chi connectivity index (χ4v) is 2.54. The monoisotopic (exact) mass is 227 g/mol. The van der Waals surface area contributed by atoms with Gasteiger partial charge in [0.25, 0.3) is 0 Å². The molecule has 5 nitrogen and oxygen atoms in total. The maximum absolute atomic E-state index is 11.6. The van der Waals surface area contributed by atoms with E-state index in [1.54, 1.807) is 0 Å². The molecule has 0 bridgehead atoms. The highest BCUT2D eigenvalue weighted by Gasteiger charge is 2.30. The lowest BCUT2D eigenvalue weighted by atomic mass is 10.0. The fraction of sp³-hybridized carbons (Fsp3) is 0.909. The van der Waals surface area contributed by atoms with Crippen LogP contribution < -0.4 is 5.73 Å². The second-order valence-corrected chi connectivity index (χ2v) is 4.52. The van der Waals surface area contributed by atoms with Crippen molar-refractivity contribution in [2.75, 3.05) is 39.3 Å². The Bertz CT molecular complexity index is 239. The molecule has 0 unspecified atom stereocenters. The average molecular weight is 227 g/mol. The number of carbonyl (C=O) groups excluding carboxylic acids is 1. The molecule has 5 heteroatoms. The Morgan fingerprint density at radius 1 is 1.31 bits per heavy atom. The summed E-state index contributed by atoms with van der Waals surface area (Å²) in [6.07, 6.45) is 2.95. The van der Waals surface area contributed by atoms with E-state index in [1.165, 1.54) is 0 Å². The molecule has 0 atom stereocenters. The van der Waals surface area contributed by atoms with Crippen LogP contribution in [-0.4, -0.2) is 61.3 Å². The zero-order valence-corrected chi connectivity index (χ0v) is 9.73. The first kappa shape index (κ1) is 11.7. The maximum atomic E-state index is 11.6. The van der Waals surface area contributed by atoms with Crippen molar-refractivity contribution in [2.24, 2.45) is 5.73 Å². The van der Waals surface area contributed by atoms with E-state index < -0.39 is 0 Å². The van der Waals surface area contributed by atoms with Crippen molar-refractivity contribution < 1.29 is 9.53 Å². The van der Waals surface area contributed by atoms with Crippen LogP contribution in [-0.2, 0) is 4.74 Å². The number of piperidine rings is 1. The standard InChI is InChI=1S/C11H21N3O2/c12-4-8-13-6-2-10(3-7-13)14-5-1-9-16-11(14)15/h10H,1-9,12H2. The summed E-state index contributed by atoms with van der Waals surface area (Å²) >= 11 is 0. The van der Waals surface area contributed by atoms with Crippen molar-refractivity contribution in [3.05, 3.63) is 0 Å². The molecule has 0 spiro atoms. The molecule has 1 amide bonds. The van der Waals surface area contributed by atoms with Crippen molar-refractivity contribution in [3.8, 4) is 0 Å². The zero-order chi connectivity index (χ0) is 11.4. The number of nitrogens with two attached hydrogens (primary N) is 1. The third kappa shape index (κ3) is 2.65. The maximum Gasteiger partial charge on any atom is 0.410 e. The molecule has 2 rings (SSSR count). The summed E-state index contributed by atoms with van der Waals surface area (Å²) < 4.78 is 5.07. The molecular formula is C11H21N3O2. The first-order chi connectivity index (χ1) is 7.81. The molecule has 0 radical (unpaired) electrons. The van der Waals surface area contributed by atoms with Gasteiger partial charge in [0.15, 0.2) is 0 Å². The number of hydrogen-bond acceptors (Lipinski definition) is 4. The molecule has 0 saturated carbocycles. The zero-order valence-electron chi connectivity index (χ0n) is 9.73. The molecule has 2 N–H and O–H groups in total. The lowest BCUT2D eigenvalue weighted by Gasteiger charge is -2.39. The molecule has 2 fully saturated rings. The number of ether oxygens (including phenoxy) is 1. The lowest BCUT2D eigenvalue weighted by molar-refractivity contribution is 0.0381. The van der Waals surface area contributed by atoms with Gasteiger partial charge in [-0.1, -0.05) is 0 Å². The molecule has 2 saturated heterocycles. The van der Waals surface area contributed by atoms with Crippen LogP contribution in [0.25, 0.3) is 0 Å². The van der Waals surface area contributed by atoms with E-state index in [1.807, 2.05) is 4.90 Å². The summed E-state index contributed by atoms with van der Waals surface area (Å²) in [7, 11) is 0. The Hall–Kier alpha value is -0.810. The molecule has 16 heavy (non-hydrogen) atoms. The molecule has 2 aliphatic rings. The van der Waals surface area contributed by atoms with Gasteiger partial charge in [-0.15, -0.1) is 0 Å². The highest BCUT2D eigenvalue weighted by molar-refractivity contribution is 5.68. The van der Waals surface area contributed by atoms with Gasteiger partial charge < -0.3 is 20.3 Å². The van der Waals surface area contributed by atoms with E-state index in [0.29, 0.717) is 12.6 Å². The van der Waals surface area contributed by atoms with Crippen molar-refractivity contribution in [2.45, 2.75) is 25.3 Å². The van der Waals surface area contributed by atoms with Gasteiger partial charge in [0, 0.05) is 38.8 Å². The molecular weight excluding hydrogens is 206 g/mol. The Morgan fingerprint density at radius 3 is 2.69 bits per heavy atom. The minimum Gasteiger partial charge on any atom is -0.449 e. The van der Waals surface area contributed by atoms with Crippen molar-refractivity contribution in [1.82, 2.24) is 9.80 Å². The van der Waals surface area contributed by atoms with Crippen molar-refractivity contribution in [3.63, 3.8) is 0 Å². The largest absolute Gasteiger partial charge is 0.449 e. The van der Waals surface area contributed by atoms with Gasteiger partial charge in [0.2, 0.25) is 0 Å². The van der Waals surface area contributed by atoms with Crippen molar-refractivity contribution >= 4 is 6.09 Å². The van der Waals surface area contributed by atoms with Crippen LogP contribution in [0.4, 0.5) is 4.79 Å². The Kier molecular flexibility index (Phi) is 4.01. The highest BCUT2D eigenvalue weighted by Crippen LogP contribution is 2.19. The summed E-state index contributed by atoms with van der Waals surface area (Å²) in [5.74, 6) is 0. The van der Waals surface area contributed by atoms with E-state index in [9.17, 15) is 4.79 Å². The number of cyclic esters (lactones) is 1. The second-order valence-electron chi connectivity index (χ2n) is 4.52. The first-order valence-corrected chi connectivity index (χ1v) is 6.17. The summed E-state index contributed by atoms with van der Waals surface area (Å²) in [4.78, 5) is 15.8. The Labute approximate surface area is 96.5 Å². The molecule has 0 aromatic carbocycles. The third-order valence-electron chi connectivity index (χ3n) is 3.45. The van der Waals surface area contributed by atoms with Crippen LogP contribution in [0, 0.1) is 0 Å². The topological polar surface area (TPSA) is 58.8 Å². The van der Waals surface area contributed by atoms with E-state index in [0.717, 1.165) is 52.0 Å². The van der Waals surface area contributed by atoms with E-state index >= 15 is 0 Å². The van der Waals surface area contributed by atoms with Crippen LogP contribution in [0.15, 0.2) is 0 Å². The molecule has 0 aromatic rings. The van der Waals surface area contributed by atoms with E-state index in [4.69, 9.17) is 10.5 Å². The third-order valence-corrected chi connectivity index (χ3v) is 3.45. The Morgan fingerprint density at radius 2 is 2.06 bits per heavy atom. The first-order valence-electron chi connectivity index (χ1n) is 6.17. The smallest absolute Gasteiger partial charge is 0.410 e. The summed E-state index contributed by atoms with van der Waals surface area (Å²) in [6.45, 7) is 5.23. The SMILES string of the molecule is NCCN1CCC(N2CCCOC2=O)CC1. The normalized spacial score (nSPS) is 24.6. The minimum absolute atomic E-state index is 0.122. The summed E-state index contributed by atoms with van der Waals surface area (Å²) in [5, 5.41) is 0. The van der Waals surface area contributed by atoms with Gasteiger partial charge in [-0.25, -0.2) is 4.79 Å². The number of hydrogen-bond donors (Lipinski definition) is 1. The van der Waals surface area contributed by atoms with Crippen LogP contribution in [0.5, 0.6) is 0 Å². The lowest BCUT2D eigenvalue weighted by Crippen LogP contribution is -2.50. The van der Waals surface area contributed by atoms with Gasteiger partial charge in [-0.3, -0.25) is 0 Å². The molecule has 92 valence electrons. The van der Waals surface area contributed by atoms with Gasteiger partial charge in [0.1, 0.15) is 0 Å². The van der Waals surface area contributed by atoms with Gasteiger partial charge in [-0.2, -0.15) is 0 Å². The quantitative estimate of drug-likeness (QED) is 0.751. The van der Waals surface area contributed by atoms with Crippen molar-refractivity contribution in [1.29, 1.82) is 0 Å². The molecule has 2 aliphatic heterocycles. The van der Waals surface area contributed by atoms with E-state index in [-0.39, 0.29) is 6.09 Å². The number of amides is 1. The summed E-state index contributed by atoms with van der Waals surface area (Å²) in [6, 6.07) is 0.377. The van der Waals surface area contributed by atoms with Crippen LogP contribution in [0.1, 0.15) is 19.3 Å². The highest BCUT2D eigenvalue weighted by atomic mass is 16.6. The predicted octanol–water partition coefficient (Wildman–Crippen LogP) is 0.252. The molecule has 2 heterocycles. The van der Waals surface area contributed by atoms with Gasteiger partial charge >= 0.3 is 6.09 Å². The van der Waals surface area contributed by atoms with Crippen LogP contribution >= 0.6 is 0 Å². The van der Waals surface area contributed by atoms with Gasteiger partial charge in [-0.05, 0) is 19.3 Å². The second kappa shape index (κ2) is 5.50. The summed E-state index contributed by atoms with van der Waals surface area (Å²) in [5.41, 5.74) is 5.53. The number of nitrogens with zero attached hydrogens (tertiary/aromatic N) is 2. The van der Waals surface area contributed by atoms with E-state index in [2.05, 4.69) is 4.90 Å². The van der Waals surface area contributed by atoms with Gasteiger partial charge in [0.05, 0.1) is 6.61 Å². The Balaban J connectivity index is 1.81. The number of likely N-dealkylation sites (tertiary alicyclic amines) is 1. The fourth-order valence-electron chi connectivity index (χ4n) is 2.54. The average Bonchev–Trinajstić information content (AvgIpc) is 2.31. The number of carbonyl (C=O) groups is 1. The molecule has 0 aliphatic carbocycles. The molecule has 0 aromatic heterocycles. The van der Waals surface area contributed by atoms with Crippen LogP contribution in [0.2, 0.25) is 0 Å². The minimum atomic E-state index is -0.122.